The highest BCUT2D eigenvalue weighted by Gasteiger charge is 2.26. The van der Waals surface area contributed by atoms with E-state index in [1.807, 2.05) is 9.47 Å². The second kappa shape index (κ2) is 10.1. The van der Waals surface area contributed by atoms with Gasteiger partial charge in [0.15, 0.2) is 11.0 Å². The van der Waals surface area contributed by atoms with Crippen LogP contribution in [0.2, 0.25) is 0 Å². The Morgan fingerprint density at radius 2 is 1.74 bits per heavy atom. The molecular weight excluding hydrogens is 413 g/mol. The molecular formula is C23H32FN5OS. The van der Waals surface area contributed by atoms with Crippen LogP contribution >= 0.6 is 11.8 Å². The number of likely N-dealkylation sites (tertiary alicyclic amines) is 2. The van der Waals surface area contributed by atoms with Crippen LogP contribution in [0.4, 0.5) is 4.39 Å². The van der Waals surface area contributed by atoms with Gasteiger partial charge in [-0.2, -0.15) is 0 Å². The lowest BCUT2D eigenvalue weighted by atomic mass is 9.92. The van der Waals surface area contributed by atoms with Crippen LogP contribution in [0.15, 0.2) is 29.4 Å². The van der Waals surface area contributed by atoms with E-state index in [4.69, 9.17) is 0 Å². The summed E-state index contributed by atoms with van der Waals surface area (Å²) in [6, 6.07) is 6.41. The van der Waals surface area contributed by atoms with Crippen molar-refractivity contribution in [1.82, 2.24) is 24.6 Å². The molecule has 1 aromatic carbocycles. The molecule has 0 radical (unpaired) electrons. The number of piperidine rings is 2. The number of carbonyl (C=O) groups is 1. The van der Waals surface area contributed by atoms with Gasteiger partial charge in [-0.25, -0.2) is 4.39 Å². The molecule has 8 heteroatoms. The molecule has 168 valence electrons. The van der Waals surface area contributed by atoms with Crippen LogP contribution < -0.4 is 0 Å². The molecule has 0 spiro atoms. The van der Waals surface area contributed by atoms with Gasteiger partial charge in [0.1, 0.15) is 5.82 Å². The van der Waals surface area contributed by atoms with Crippen LogP contribution in [0.3, 0.4) is 0 Å². The summed E-state index contributed by atoms with van der Waals surface area (Å²) in [4.78, 5) is 17.2. The van der Waals surface area contributed by atoms with Crippen molar-refractivity contribution in [1.29, 1.82) is 0 Å². The zero-order chi connectivity index (χ0) is 21.8. The molecule has 2 aliphatic heterocycles. The van der Waals surface area contributed by atoms with Crippen LogP contribution in [0.1, 0.15) is 45.4 Å². The number of halogens is 1. The number of nitrogens with zero attached hydrogens (tertiary/aromatic N) is 5. The van der Waals surface area contributed by atoms with Gasteiger partial charge in [-0.3, -0.25) is 14.3 Å². The third-order valence-corrected chi connectivity index (χ3v) is 7.06. The molecule has 2 fully saturated rings. The van der Waals surface area contributed by atoms with E-state index in [-0.39, 0.29) is 11.7 Å². The van der Waals surface area contributed by atoms with E-state index >= 15 is 0 Å². The molecule has 0 aliphatic carbocycles. The maximum atomic E-state index is 13.5. The van der Waals surface area contributed by atoms with Gasteiger partial charge >= 0.3 is 0 Å². The predicted octanol–water partition coefficient (Wildman–Crippen LogP) is 3.99. The highest BCUT2D eigenvalue weighted by atomic mass is 32.2. The van der Waals surface area contributed by atoms with Gasteiger partial charge in [0.2, 0.25) is 5.91 Å². The molecule has 2 saturated heterocycles. The number of amides is 1. The average Bonchev–Trinajstić information content (AvgIpc) is 3.15. The Labute approximate surface area is 188 Å². The smallest absolute Gasteiger partial charge is 0.233 e. The molecule has 31 heavy (non-hydrogen) atoms. The van der Waals surface area contributed by atoms with Crippen molar-refractivity contribution in [2.45, 2.75) is 51.2 Å². The van der Waals surface area contributed by atoms with Crippen molar-refractivity contribution >= 4 is 17.7 Å². The maximum Gasteiger partial charge on any atom is 0.233 e. The number of thioether (sulfide) groups is 1. The SMILES string of the molecule is CC1CC(C)CN(C(=O)CSc2nnc(CN3CCCCC3)n2-c2ccc(F)cc2)C1. The molecule has 2 aromatic rings. The van der Waals surface area contributed by atoms with E-state index in [0.29, 0.717) is 29.3 Å². The summed E-state index contributed by atoms with van der Waals surface area (Å²) in [5, 5.41) is 9.55. The minimum atomic E-state index is -0.271. The number of hydrogen-bond acceptors (Lipinski definition) is 5. The summed E-state index contributed by atoms with van der Waals surface area (Å²) < 4.78 is 15.5. The van der Waals surface area contributed by atoms with Crippen LogP contribution in [0.5, 0.6) is 0 Å². The van der Waals surface area contributed by atoms with Crippen LogP contribution in [-0.4, -0.2) is 62.4 Å². The topological polar surface area (TPSA) is 54.3 Å². The average molecular weight is 446 g/mol. The van der Waals surface area contributed by atoms with Crippen molar-refractivity contribution in [2.24, 2.45) is 11.8 Å². The zero-order valence-electron chi connectivity index (χ0n) is 18.5. The molecule has 4 rings (SSSR count). The van der Waals surface area contributed by atoms with Gasteiger partial charge in [-0.05, 0) is 68.5 Å². The number of aromatic nitrogens is 3. The van der Waals surface area contributed by atoms with Gasteiger partial charge < -0.3 is 4.90 Å². The van der Waals surface area contributed by atoms with Crippen LogP contribution in [0.25, 0.3) is 5.69 Å². The Balaban J connectivity index is 1.51. The molecule has 1 aromatic heterocycles. The number of benzene rings is 1. The molecule has 6 nitrogen and oxygen atoms in total. The fourth-order valence-electron chi connectivity index (χ4n) is 4.75. The molecule has 2 aliphatic rings. The number of carbonyl (C=O) groups excluding carboxylic acids is 1. The lowest BCUT2D eigenvalue weighted by Gasteiger charge is -2.35. The summed E-state index contributed by atoms with van der Waals surface area (Å²) in [7, 11) is 0. The second-order valence-corrected chi connectivity index (χ2v) is 10.0. The monoisotopic (exact) mass is 445 g/mol. The van der Waals surface area contributed by atoms with E-state index in [2.05, 4.69) is 28.9 Å². The lowest BCUT2D eigenvalue weighted by molar-refractivity contribution is -0.130. The Bertz CT molecular complexity index is 871. The van der Waals surface area contributed by atoms with Gasteiger partial charge in [0.05, 0.1) is 12.3 Å². The molecule has 2 atom stereocenters. The third-order valence-electron chi connectivity index (χ3n) is 6.15. The van der Waals surface area contributed by atoms with Crippen LogP contribution in [-0.2, 0) is 11.3 Å². The van der Waals surface area contributed by atoms with Crippen molar-refractivity contribution in [2.75, 3.05) is 31.9 Å². The Morgan fingerprint density at radius 1 is 1.06 bits per heavy atom. The van der Waals surface area contributed by atoms with Crippen molar-refractivity contribution in [3.05, 3.63) is 35.9 Å². The fraction of sp³-hybridized carbons (Fsp3) is 0.609. The zero-order valence-corrected chi connectivity index (χ0v) is 19.3. The van der Waals surface area contributed by atoms with Crippen molar-refractivity contribution in [3.8, 4) is 5.69 Å². The molecule has 2 unspecified atom stereocenters. The van der Waals surface area contributed by atoms with Gasteiger partial charge in [-0.15, -0.1) is 10.2 Å². The van der Waals surface area contributed by atoms with Gasteiger partial charge in [-0.1, -0.05) is 32.0 Å². The van der Waals surface area contributed by atoms with Crippen molar-refractivity contribution < 1.29 is 9.18 Å². The van der Waals surface area contributed by atoms with Crippen LogP contribution in [0, 0.1) is 17.7 Å². The highest BCUT2D eigenvalue weighted by Crippen LogP contribution is 2.26. The van der Waals surface area contributed by atoms with E-state index in [0.717, 1.165) is 37.7 Å². The predicted molar refractivity (Wildman–Crippen MR) is 121 cm³/mol. The Morgan fingerprint density at radius 3 is 2.42 bits per heavy atom. The summed E-state index contributed by atoms with van der Waals surface area (Å²) in [5.74, 6) is 2.13. The first-order chi connectivity index (χ1) is 15.0. The summed E-state index contributed by atoms with van der Waals surface area (Å²) >= 11 is 1.42. The molecule has 1 amide bonds. The summed E-state index contributed by atoms with van der Waals surface area (Å²) in [6.45, 7) is 8.90. The molecule has 0 N–H and O–H groups in total. The lowest BCUT2D eigenvalue weighted by Crippen LogP contribution is -2.43. The van der Waals surface area contributed by atoms with E-state index in [1.165, 1.54) is 49.6 Å². The second-order valence-electron chi connectivity index (χ2n) is 9.08. The molecule has 3 heterocycles. The standard InChI is InChI=1S/C23H32FN5OS/c1-17-12-18(2)14-28(13-17)22(30)16-31-23-26-25-21(15-27-10-4-3-5-11-27)29(23)20-8-6-19(24)7-9-20/h6-9,17-18H,3-5,10-16H2,1-2H3. The number of rotatable bonds is 6. The third kappa shape index (κ3) is 5.66. The summed E-state index contributed by atoms with van der Waals surface area (Å²) in [6.07, 6.45) is 4.86. The highest BCUT2D eigenvalue weighted by molar-refractivity contribution is 7.99. The van der Waals surface area contributed by atoms with E-state index in [1.54, 1.807) is 12.1 Å². The molecule has 0 bridgehead atoms. The maximum absolute atomic E-state index is 13.5. The quantitative estimate of drug-likeness (QED) is 0.630. The summed E-state index contributed by atoms with van der Waals surface area (Å²) in [5.41, 5.74) is 0.827. The largest absolute Gasteiger partial charge is 0.341 e. The van der Waals surface area contributed by atoms with E-state index < -0.39 is 0 Å². The fourth-order valence-corrected chi connectivity index (χ4v) is 5.62. The number of hydrogen-bond donors (Lipinski definition) is 0. The Hall–Kier alpha value is -1.93. The normalized spacial score (nSPS) is 22.6. The minimum absolute atomic E-state index is 0.148. The van der Waals surface area contributed by atoms with Gasteiger partial charge in [0.25, 0.3) is 0 Å². The van der Waals surface area contributed by atoms with Gasteiger partial charge in [0, 0.05) is 18.8 Å². The van der Waals surface area contributed by atoms with E-state index in [9.17, 15) is 9.18 Å². The molecule has 0 saturated carbocycles. The Kier molecular flexibility index (Phi) is 7.27. The van der Waals surface area contributed by atoms with Crippen molar-refractivity contribution in [3.63, 3.8) is 0 Å². The first-order valence-corrected chi connectivity index (χ1v) is 12.3. The first-order valence-electron chi connectivity index (χ1n) is 11.3. The minimum Gasteiger partial charge on any atom is -0.341 e. The first kappa shape index (κ1) is 22.3.